The maximum atomic E-state index is 11.3. The highest BCUT2D eigenvalue weighted by Crippen LogP contribution is 2.22. The molecule has 3 atom stereocenters. The van der Waals surface area contributed by atoms with Gasteiger partial charge in [0.25, 0.3) is 0 Å². The average molecular weight is 327 g/mol. The van der Waals surface area contributed by atoms with Gasteiger partial charge in [-0.15, -0.1) is 0 Å². The van der Waals surface area contributed by atoms with Gasteiger partial charge >= 0.3 is 5.97 Å². The maximum absolute atomic E-state index is 11.3. The summed E-state index contributed by atoms with van der Waals surface area (Å²) in [5.74, 6) is 0.0299. The number of aliphatic carboxylic acids is 1. The van der Waals surface area contributed by atoms with Gasteiger partial charge in [-0.1, -0.05) is 86.0 Å². The number of Topliss-reactive ketones (excluding diaryl/α,β-unsaturated/α-hetero) is 1. The van der Waals surface area contributed by atoms with Crippen molar-refractivity contribution >= 4 is 11.8 Å². The van der Waals surface area contributed by atoms with E-state index >= 15 is 0 Å². The zero-order valence-corrected chi connectivity index (χ0v) is 15.9. The van der Waals surface area contributed by atoms with E-state index in [4.69, 9.17) is 5.11 Å². The van der Waals surface area contributed by atoms with Crippen LogP contribution in [0, 0.1) is 23.7 Å². The third-order valence-electron chi connectivity index (χ3n) is 4.86. The van der Waals surface area contributed by atoms with Crippen LogP contribution in [0.15, 0.2) is 0 Å². The van der Waals surface area contributed by atoms with Gasteiger partial charge in [-0.2, -0.15) is 0 Å². The topological polar surface area (TPSA) is 54.4 Å². The third kappa shape index (κ3) is 12.3. The van der Waals surface area contributed by atoms with Crippen molar-refractivity contribution in [2.45, 2.75) is 92.4 Å². The Bertz CT molecular complexity index is 336. The Kier molecular flexibility index (Phi) is 12.1. The maximum Gasteiger partial charge on any atom is 0.372 e. The molecule has 0 heterocycles. The number of carbonyl (C=O) groups is 2. The van der Waals surface area contributed by atoms with Crippen molar-refractivity contribution in [3.05, 3.63) is 0 Å². The molecule has 0 saturated carbocycles. The molecule has 0 aliphatic rings. The Morgan fingerprint density at radius 3 is 1.48 bits per heavy atom. The zero-order valence-electron chi connectivity index (χ0n) is 15.9. The molecular weight excluding hydrogens is 288 g/mol. The van der Waals surface area contributed by atoms with E-state index in [1.54, 1.807) is 6.92 Å². The number of hydrogen-bond donors (Lipinski definition) is 1. The van der Waals surface area contributed by atoms with Crippen LogP contribution in [-0.2, 0) is 9.59 Å². The highest BCUT2D eigenvalue weighted by atomic mass is 16.4. The molecular formula is C20H38O3. The summed E-state index contributed by atoms with van der Waals surface area (Å²) in [5.41, 5.74) is 0. The zero-order chi connectivity index (χ0) is 17.8. The first-order valence-corrected chi connectivity index (χ1v) is 9.51. The van der Waals surface area contributed by atoms with E-state index in [1.807, 2.05) is 0 Å². The Morgan fingerprint density at radius 1 is 0.696 bits per heavy atom. The highest BCUT2D eigenvalue weighted by molar-refractivity contribution is 6.33. The summed E-state index contributed by atoms with van der Waals surface area (Å²) in [4.78, 5) is 21.9. The minimum Gasteiger partial charge on any atom is -0.475 e. The number of hydrogen-bond acceptors (Lipinski definition) is 2. The fourth-order valence-electron chi connectivity index (χ4n) is 3.09. The summed E-state index contributed by atoms with van der Waals surface area (Å²) >= 11 is 0. The van der Waals surface area contributed by atoms with Crippen LogP contribution in [0.5, 0.6) is 0 Å². The van der Waals surface area contributed by atoms with Crippen molar-refractivity contribution in [3.8, 4) is 0 Å². The van der Waals surface area contributed by atoms with Crippen molar-refractivity contribution in [1.82, 2.24) is 0 Å². The second kappa shape index (κ2) is 12.5. The second-order valence-electron chi connectivity index (χ2n) is 7.97. The van der Waals surface area contributed by atoms with Crippen LogP contribution in [0.3, 0.4) is 0 Å². The van der Waals surface area contributed by atoms with Crippen LogP contribution in [0.25, 0.3) is 0 Å². The predicted octanol–water partition coefficient (Wildman–Crippen LogP) is 5.72. The lowest BCUT2D eigenvalue weighted by Crippen LogP contribution is -2.21. The molecule has 0 unspecified atom stereocenters. The molecule has 0 aromatic rings. The van der Waals surface area contributed by atoms with Crippen molar-refractivity contribution in [2.24, 2.45) is 23.7 Å². The van der Waals surface area contributed by atoms with Gasteiger partial charge in [0.05, 0.1) is 0 Å². The Morgan fingerprint density at radius 2 is 1.09 bits per heavy atom. The standard InChI is InChI=1S/C20H38O3/c1-15(2)9-6-10-16(3)11-7-12-17(4)13-8-14-18(5)19(21)20(22)23/h15-18H,6-14H2,1-5H3,(H,22,23)/t16-,17-,18+/m1/s1. The Hall–Kier alpha value is -0.860. The molecule has 23 heavy (non-hydrogen) atoms. The van der Waals surface area contributed by atoms with Gasteiger partial charge in [-0.25, -0.2) is 4.79 Å². The van der Waals surface area contributed by atoms with Crippen LogP contribution in [0.1, 0.15) is 92.4 Å². The number of carboxylic acid groups (broad SMARTS) is 1. The molecule has 0 spiro atoms. The van der Waals surface area contributed by atoms with Crippen LogP contribution < -0.4 is 0 Å². The third-order valence-corrected chi connectivity index (χ3v) is 4.86. The monoisotopic (exact) mass is 326 g/mol. The summed E-state index contributed by atoms with van der Waals surface area (Å²) in [6, 6.07) is 0. The van der Waals surface area contributed by atoms with Crippen LogP contribution in [-0.4, -0.2) is 16.9 Å². The van der Waals surface area contributed by atoms with Crippen molar-refractivity contribution in [1.29, 1.82) is 0 Å². The minimum absolute atomic E-state index is 0.347. The van der Waals surface area contributed by atoms with Crippen LogP contribution >= 0.6 is 0 Å². The second-order valence-corrected chi connectivity index (χ2v) is 7.97. The van der Waals surface area contributed by atoms with E-state index in [0.29, 0.717) is 12.3 Å². The molecule has 0 aliphatic heterocycles. The van der Waals surface area contributed by atoms with Gasteiger partial charge in [0.2, 0.25) is 5.78 Å². The van der Waals surface area contributed by atoms with Crippen molar-refractivity contribution < 1.29 is 14.7 Å². The quantitative estimate of drug-likeness (QED) is 0.416. The van der Waals surface area contributed by atoms with E-state index in [9.17, 15) is 9.59 Å². The molecule has 0 radical (unpaired) electrons. The van der Waals surface area contributed by atoms with E-state index in [0.717, 1.165) is 24.7 Å². The fourth-order valence-corrected chi connectivity index (χ4v) is 3.09. The lowest BCUT2D eigenvalue weighted by Gasteiger charge is -2.15. The summed E-state index contributed by atoms with van der Waals surface area (Å²) in [6.45, 7) is 10.9. The summed E-state index contributed by atoms with van der Waals surface area (Å²) in [5, 5.41) is 8.67. The van der Waals surface area contributed by atoms with Crippen LogP contribution in [0.2, 0.25) is 0 Å². The lowest BCUT2D eigenvalue weighted by molar-refractivity contribution is -0.150. The van der Waals surface area contributed by atoms with Gasteiger partial charge < -0.3 is 5.11 Å². The van der Waals surface area contributed by atoms with Crippen molar-refractivity contribution in [3.63, 3.8) is 0 Å². The molecule has 0 aromatic heterocycles. The van der Waals surface area contributed by atoms with E-state index in [2.05, 4.69) is 27.7 Å². The molecule has 0 rings (SSSR count). The molecule has 1 N–H and O–H groups in total. The molecule has 0 bridgehead atoms. The molecule has 0 saturated heterocycles. The summed E-state index contributed by atoms with van der Waals surface area (Å²) < 4.78 is 0. The number of rotatable bonds is 14. The first kappa shape index (κ1) is 22.1. The molecule has 136 valence electrons. The Balaban J connectivity index is 3.65. The smallest absolute Gasteiger partial charge is 0.372 e. The van der Waals surface area contributed by atoms with E-state index in [-0.39, 0.29) is 5.92 Å². The molecule has 0 aromatic carbocycles. The number of carboxylic acids is 1. The van der Waals surface area contributed by atoms with Gasteiger partial charge in [0.1, 0.15) is 0 Å². The normalized spacial score (nSPS) is 15.4. The van der Waals surface area contributed by atoms with E-state index < -0.39 is 11.8 Å². The summed E-state index contributed by atoms with van der Waals surface area (Å²) in [6.07, 6.45) is 10.6. The first-order chi connectivity index (χ1) is 10.7. The van der Waals surface area contributed by atoms with Crippen molar-refractivity contribution in [2.75, 3.05) is 0 Å². The minimum atomic E-state index is -1.29. The summed E-state index contributed by atoms with van der Waals surface area (Å²) in [7, 11) is 0. The van der Waals surface area contributed by atoms with E-state index in [1.165, 1.54) is 38.5 Å². The molecule has 0 fully saturated rings. The van der Waals surface area contributed by atoms with Crippen LogP contribution in [0.4, 0.5) is 0 Å². The largest absolute Gasteiger partial charge is 0.475 e. The number of carbonyl (C=O) groups excluding carboxylic acids is 1. The molecule has 0 aliphatic carbocycles. The lowest BCUT2D eigenvalue weighted by atomic mass is 9.90. The molecule has 3 heteroatoms. The fraction of sp³-hybridized carbons (Fsp3) is 0.900. The van der Waals surface area contributed by atoms with Gasteiger partial charge in [-0.3, -0.25) is 4.79 Å². The van der Waals surface area contributed by atoms with Gasteiger partial charge in [-0.05, 0) is 24.2 Å². The first-order valence-electron chi connectivity index (χ1n) is 9.51. The Labute approximate surface area is 143 Å². The number of ketones is 1. The van der Waals surface area contributed by atoms with Gasteiger partial charge in [0, 0.05) is 5.92 Å². The van der Waals surface area contributed by atoms with Gasteiger partial charge in [0.15, 0.2) is 0 Å². The SMILES string of the molecule is CC(C)CCC[C@@H](C)CCC[C@@H](C)CCC[C@H](C)C(=O)C(=O)O. The average Bonchev–Trinajstić information content (AvgIpc) is 2.45. The predicted molar refractivity (Wildman–Crippen MR) is 96.5 cm³/mol. The molecule has 3 nitrogen and oxygen atoms in total. The highest BCUT2D eigenvalue weighted by Gasteiger charge is 2.19. The molecule has 0 amide bonds.